The summed E-state index contributed by atoms with van der Waals surface area (Å²) in [6, 6.07) is 8.12. The Hall–Kier alpha value is -2.63. The molecule has 3 rings (SSSR count). The van der Waals surface area contributed by atoms with Crippen molar-refractivity contribution in [3.63, 3.8) is 0 Å². The molecular formula is C12H8FN3O2. The van der Waals surface area contributed by atoms with Gasteiger partial charge < -0.3 is 10.2 Å². The SMILES string of the molecule is Oc1ccc(-n2nc3ccc(F)cc3n2)c(O)c1. The summed E-state index contributed by atoms with van der Waals surface area (Å²) in [4.78, 5) is 1.19. The number of nitrogens with zero attached hydrogens (tertiary/aromatic N) is 3. The van der Waals surface area contributed by atoms with Crippen molar-refractivity contribution in [3.8, 4) is 17.2 Å². The normalized spacial score (nSPS) is 10.9. The first-order chi connectivity index (χ1) is 8.63. The highest BCUT2D eigenvalue weighted by molar-refractivity contribution is 5.73. The van der Waals surface area contributed by atoms with Crippen molar-refractivity contribution in [3.05, 3.63) is 42.2 Å². The zero-order valence-corrected chi connectivity index (χ0v) is 9.08. The lowest BCUT2D eigenvalue weighted by molar-refractivity contribution is 0.446. The molecule has 0 radical (unpaired) electrons. The van der Waals surface area contributed by atoms with Crippen LogP contribution in [0.25, 0.3) is 16.7 Å². The van der Waals surface area contributed by atoms with Crippen LogP contribution < -0.4 is 0 Å². The number of hydrogen-bond donors (Lipinski definition) is 2. The van der Waals surface area contributed by atoms with Crippen molar-refractivity contribution >= 4 is 11.0 Å². The van der Waals surface area contributed by atoms with Crippen LogP contribution in [0.4, 0.5) is 4.39 Å². The van der Waals surface area contributed by atoms with Gasteiger partial charge in [0, 0.05) is 12.1 Å². The van der Waals surface area contributed by atoms with Gasteiger partial charge in [-0.05, 0) is 24.3 Å². The van der Waals surface area contributed by atoms with E-state index >= 15 is 0 Å². The molecule has 0 spiro atoms. The Morgan fingerprint density at radius 3 is 2.50 bits per heavy atom. The Labute approximate surface area is 101 Å². The minimum absolute atomic E-state index is 0.0565. The molecule has 2 N–H and O–H groups in total. The van der Waals surface area contributed by atoms with E-state index in [2.05, 4.69) is 10.2 Å². The highest BCUT2D eigenvalue weighted by Gasteiger charge is 2.09. The summed E-state index contributed by atoms with van der Waals surface area (Å²) in [5, 5.41) is 27.1. The van der Waals surface area contributed by atoms with E-state index in [-0.39, 0.29) is 11.5 Å². The highest BCUT2D eigenvalue weighted by atomic mass is 19.1. The average molecular weight is 245 g/mol. The van der Waals surface area contributed by atoms with Gasteiger partial charge in [-0.2, -0.15) is 0 Å². The number of rotatable bonds is 1. The van der Waals surface area contributed by atoms with Crippen LogP contribution in [0, 0.1) is 5.82 Å². The maximum Gasteiger partial charge on any atom is 0.146 e. The predicted molar refractivity (Wildman–Crippen MR) is 62.2 cm³/mol. The average Bonchev–Trinajstić information content (AvgIpc) is 2.71. The number of aromatic hydroxyl groups is 2. The van der Waals surface area contributed by atoms with Crippen molar-refractivity contribution in [1.29, 1.82) is 0 Å². The minimum atomic E-state index is -0.399. The largest absolute Gasteiger partial charge is 0.508 e. The van der Waals surface area contributed by atoms with Crippen LogP contribution >= 0.6 is 0 Å². The summed E-state index contributed by atoms with van der Waals surface area (Å²) >= 11 is 0. The maximum atomic E-state index is 13.0. The second kappa shape index (κ2) is 3.69. The third kappa shape index (κ3) is 1.64. The number of halogens is 1. The molecule has 0 amide bonds. The second-order valence-corrected chi connectivity index (χ2v) is 3.80. The molecule has 5 nitrogen and oxygen atoms in total. The Kier molecular flexibility index (Phi) is 2.16. The number of hydrogen-bond acceptors (Lipinski definition) is 4. The van der Waals surface area contributed by atoms with Crippen LogP contribution in [0.5, 0.6) is 11.5 Å². The van der Waals surface area contributed by atoms with Crippen LogP contribution in [0.15, 0.2) is 36.4 Å². The van der Waals surface area contributed by atoms with E-state index in [1.807, 2.05) is 0 Å². The lowest BCUT2D eigenvalue weighted by atomic mass is 10.3. The van der Waals surface area contributed by atoms with Gasteiger partial charge in [0.25, 0.3) is 0 Å². The number of phenolic OH excluding ortho intramolecular Hbond substituents is 2. The van der Waals surface area contributed by atoms with Crippen LogP contribution in [0.1, 0.15) is 0 Å². The van der Waals surface area contributed by atoms with E-state index in [0.717, 1.165) is 0 Å². The van der Waals surface area contributed by atoms with Gasteiger partial charge in [0.05, 0.1) is 0 Å². The lowest BCUT2D eigenvalue weighted by Crippen LogP contribution is -1.98. The van der Waals surface area contributed by atoms with Gasteiger partial charge in [-0.25, -0.2) is 4.39 Å². The zero-order valence-electron chi connectivity index (χ0n) is 9.08. The van der Waals surface area contributed by atoms with E-state index in [4.69, 9.17) is 0 Å². The first kappa shape index (κ1) is 10.5. The molecule has 0 bridgehead atoms. The number of aromatic nitrogens is 3. The molecule has 6 heteroatoms. The molecule has 2 aromatic carbocycles. The van der Waals surface area contributed by atoms with Gasteiger partial charge in [0.1, 0.15) is 34.0 Å². The van der Waals surface area contributed by atoms with Gasteiger partial charge in [-0.1, -0.05) is 0 Å². The van der Waals surface area contributed by atoms with E-state index < -0.39 is 5.82 Å². The summed E-state index contributed by atoms with van der Waals surface area (Å²) < 4.78 is 13.0. The van der Waals surface area contributed by atoms with Crippen molar-refractivity contribution in [1.82, 2.24) is 15.0 Å². The topological polar surface area (TPSA) is 71.2 Å². The summed E-state index contributed by atoms with van der Waals surface area (Å²) in [5.74, 6) is -0.612. The molecule has 0 aliphatic carbocycles. The summed E-state index contributed by atoms with van der Waals surface area (Å²) in [6.45, 7) is 0. The summed E-state index contributed by atoms with van der Waals surface area (Å²) in [7, 11) is 0. The zero-order chi connectivity index (χ0) is 12.7. The Bertz CT molecular complexity index is 739. The fourth-order valence-corrected chi connectivity index (χ4v) is 1.68. The Morgan fingerprint density at radius 1 is 0.944 bits per heavy atom. The molecule has 0 aliphatic heterocycles. The first-order valence-electron chi connectivity index (χ1n) is 5.18. The highest BCUT2D eigenvalue weighted by Crippen LogP contribution is 2.25. The van der Waals surface area contributed by atoms with E-state index in [1.165, 1.54) is 41.2 Å². The molecule has 18 heavy (non-hydrogen) atoms. The van der Waals surface area contributed by atoms with Crippen molar-refractivity contribution < 1.29 is 14.6 Å². The van der Waals surface area contributed by atoms with Crippen molar-refractivity contribution in [2.24, 2.45) is 0 Å². The standard InChI is InChI=1S/C12H8FN3O2/c13-7-1-3-9-10(5-7)15-16(14-9)11-4-2-8(17)6-12(11)18/h1-6,17-18H. The lowest BCUT2D eigenvalue weighted by Gasteiger charge is -2.02. The quantitative estimate of drug-likeness (QED) is 0.687. The summed E-state index contributed by atoms with van der Waals surface area (Å²) in [5.41, 5.74) is 1.22. The smallest absolute Gasteiger partial charge is 0.146 e. The van der Waals surface area contributed by atoms with Crippen LogP contribution in [0.3, 0.4) is 0 Å². The van der Waals surface area contributed by atoms with Gasteiger partial charge in [-0.3, -0.25) is 0 Å². The Morgan fingerprint density at radius 2 is 1.72 bits per heavy atom. The first-order valence-corrected chi connectivity index (χ1v) is 5.18. The molecule has 1 heterocycles. The molecule has 0 fully saturated rings. The molecule has 3 aromatic rings. The number of benzene rings is 2. The number of phenols is 2. The molecule has 0 saturated carbocycles. The van der Waals surface area contributed by atoms with Gasteiger partial charge in [0.2, 0.25) is 0 Å². The fourth-order valence-electron chi connectivity index (χ4n) is 1.68. The van der Waals surface area contributed by atoms with Crippen LogP contribution in [-0.2, 0) is 0 Å². The maximum absolute atomic E-state index is 13.0. The van der Waals surface area contributed by atoms with E-state index in [0.29, 0.717) is 16.7 Å². The molecular weight excluding hydrogens is 237 g/mol. The molecule has 0 saturated heterocycles. The van der Waals surface area contributed by atoms with Gasteiger partial charge in [-0.15, -0.1) is 15.0 Å². The number of fused-ring (bicyclic) bond motifs is 1. The van der Waals surface area contributed by atoms with Gasteiger partial charge >= 0.3 is 0 Å². The van der Waals surface area contributed by atoms with Crippen molar-refractivity contribution in [2.75, 3.05) is 0 Å². The third-order valence-corrected chi connectivity index (χ3v) is 2.52. The minimum Gasteiger partial charge on any atom is -0.508 e. The van der Waals surface area contributed by atoms with Gasteiger partial charge in [0.15, 0.2) is 0 Å². The molecule has 0 unspecified atom stereocenters. The molecule has 0 aliphatic rings. The third-order valence-electron chi connectivity index (χ3n) is 2.52. The second-order valence-electron chi connectivity index (χ2n) is 3.80. The van der Waals surface area contributed by atoms with E-state index in [1.54, 1.807) is 0 Å². The van der Waals surface area contributed by atoms with E-state index in [9.17, 15) is 14.6 Å². The Balaban J connectivity index is 2.19. The monoisotopic (exact) mass is 245 g/mol. The van der Waals surface area contributed by atoms with Crippen LogP contribution in [-0.4, -0.2) is 25.2 Å². The van der Waals surface area contributed by atoms with Crippen LogP contribution in [0.2, 0.25) is 0 Å². The molecule has 0 atom stereocenters. The molecule has 90 valence electrons. The molecule has 1 aromatic heterocycles. The fraction of sp³-hybridized carbons (Fsp3) is 0. The predicted octanol–water partition coefficient (Wildman–Crippen LogP) is 1.97. The summed E-state index contributed by atoms with van der Waals surface area (Å²) in [6.07, 6.45) is 0. The van der Waals surface area contributed by atoms with Crippen molar-refractivity contribution in [2.45, 2.75) is 0 Å².